The number of aromatic nitrogens is 1. The summed E-state index contributed by atoms with van der Waals surface area (Å²) in [5.74, 6) is 0. The Morgan fingerprint density at radius 3 is 2.33 bits per heavy atom. The van der Waals surface area contributed by atoms with Crippen molar-refractivity contribution in [3.8, 4) is 0 Å². The molecule has 0 aliphatic carbocycles. The first-order chi connectivity index (χ1) is 10.0. The molecule has 1 unspecified atom stereocenters. The second-order valence-electron chi connectivity index (χ2n) is 5.51. The van der Waals surface area contributed by atoms with Gasteiger partial charge in [-0.1, -0.05) is 12.1 Å². The molecule has 0 aliphatic heterocycles. The third-order valence-corrected chi connectivity index (χ3v) is 4.71. The van der Waals surface area contributed by atoms with Gasteiger partial charge in [0.1, 0.15) is 0 Å². The summed E-state index contributed by atoms with van der Waals surface area (Å²) in [7, 11) is 6.22. The molecule has 5 heteroatoms. The van der Waals surface area contributed by atoms with Gasteiger partial charge >= 0.3 is 0 Å². The van der Waals surface area contributed by atoms with Crippen LogP contribution in [0.4, 0.5) is 5.69 Å². The van der Waals surface area contributed by atoms with Gasteiger partial charge in [0.25, 0.3) is 0 Å². The van der Waals surface area contributed by atoms with Crippen LogP contribution in [0.1, 0.15) is 22.2 Å². The Morgan fingerprint density at radius 2 is 1.86 bits per heavy atom. The Bertz CT molecular complexity index is 562. The van der Waals surface area contributed by atoms with E-state index in [1.807, 2.05) is 19.6 Å². The molecule has 0 spiro atoms. The normalized spacial score (nSPS) is 12.7. The lowest BCUT2D eigenvalue weighted by atomic mass is 10.0. The zero-order chi connectivity index (χ0) is 15.4. The lowest BCUT2D eigenvalue weighted by molar-refractivity contribution is 0.243. The molecular formula is C16H24N4S. The van der Waals surface area contributed by atoms with E-state index in [2.05, 4.69) is 53.0 Å². The van der Waals surface area contributed by atoms with E-state index in [-0.39, 0.29) is 6.04 Å². The highest BCUT2D eigenvalue weighted by Gasteiger charge is 2.17. The molecule has 1 aromatic carbocycles. The highest BCUT2D eigenvalue weighted by Crippen LogP contribution is 2.24. The van der Waals surface area contributed by atoms with Crippen molar-refractivity contribution in [3.63, 3.8) is 0 Å². The van der Waals surface area contributed by atoms with Crippen LogP contribution in [0.15, 0.2) is 29.8 Å². The summed E-state index contributed by atoms with van der Waals surface area (Å²) in [5.41, 5.74) is 11.5. The largest absolute Gasteiger partial charge is 0.378 e. The summed E-state index contributed by atoms with van der Waals surface area (Å²) in [5, 5.41) is 0. The Kier molecular flexibility index (Phi) is 5.33. The first-order valence-corrected chi connectivity index (χ1v) is 7.97. The van der Waals surface area contributed by atoms with Crippen LogP contribution in [0.5, 0.6) is 0 Å². The summed E-state index contributed by atoms with van der Waals surface area (Å²) in [6, 6.07) is 8.85. The van der Waals surface area contributed by atoms with Crippen LogP contribution in [0.2, 0.25) is 0 Å². The van der Waals surface area contributed by atoms with E-state index in [4.69, 9.17) is 5.73 Å². The molecule has 0 radical (unpaired) electrons. The van der Waals surface area contributed by atoms with Crippen LogP contribution in [-0.2, 0) is 6.54 Å². The number of nitrogens with two attached hydrogens (primary N) is 1. The van der Waals surface area contributed by atoms with Crippen molar-refractivity contribution >= 4 is 17.0 Å². The molecule has 0 amide bonds. The zero-order valence-corrected chi connectivity index (χ0v) is 14.0. The molecule has 1 aromatic heterocycles. The van der Waals surface area contributed by atoms with Crippen molar-refractivity contribution in [2.75, 3.05) is 32.6 Å². The maximum Gasteiger partial charge on any atom is 0.0798 e. The number of likely N-dealkylation sites (N-methyl/N-ethyl adjacent to an activating group) is 1. The summed E-state index contributed by atoms with van der Waals surface area (Å²) in [6.45, 7) is 3.55. The van der Waals surface area contributed by atoms with Crippen molar-refractivity contribution in [2.24, 2.45) is 5.73 Å². The molecule has 4 nitrogen and oxygen atoms in total. The molecule has 1 atom stereocenters. The fraction of sp³-hybridized carbons (Fsp3) is 0.438. The van der Waals surface area contributed by atoms with E-state index >= 15 is 0 Å². The van der Waals surface area contributed by atoms with Crippen molar-refractivity contribution in [1.82, 2.24) is 9.88 Å². The molecule has 0 saturated carbocycles. The third kappa shape index (κ3) is 3.81. The molecule has 2 N–H and O–H groups in total. The molecular weight excluding hydrogens is 280 g/mol. The zero-order valence-electron chi connectivity index (χ0n) is 13.2. The van der Waals surface area contributed by atoms with Crippen molar-refractivity contribution in [2.45, 2.75) is 19.5 Å². The standard InChI is InChI=1S/C16H24N4S/c1-12-16(21-11-18-12)10-20(4)15(9-17)13-5-7-14(8-6-13)19(2)3/h5-8,11,15H,9-10,17H2,1-4H3. The SMILES string of the molecule is Cc1ncsc1CN(C)C(CN)c1ccc(N(C)C)cc1. The lowest BCUT2D eigenvalue weighted by Gasteiger charge is -2.27. The van der Waals surface area contributed by atoms with Crippen molar-refractivity contribution < 1.29 is 0 Å². The molecule has 21 heavy (non-hydrogen) atoms. The average Bonchev–Trinajstić information content (AvgIpc) is 2.85. The molecule has 114 valence electrons. The predicted octanol–water partition coefficient (Wildman–Crippen LogP) is 2.65. The van der Waals surface area contributed by atoms with Gasteiger partial charge in [-0.3, -0.25) is 4.90 Å². The number of rotatable bonds is 6. The Morgan fingerprint density at radius 1 is 1.19 bits per heavy atom. The van der Waals surface area contributed by atoms with Gasteiger partial charge in [0.2, 0.25) is 0 Å². The van der Waals surface area contributed by atoms with Gasteiger partial charge in [0.05, 0.1) is 11.2 Å². The second-order valence-corrected chi connectivity index (χ2v) is 6.45. The van der Waals surface area contributed by atoms with E-state index in [9.17, 15) is 0 Å². The minimum Gasteiger partial charge on any atom is -0.378 e. The van der Waals surface area contributed by atoms with Gasteiger partial charge in [-0.25, -0.2) is 4.98 Å². The molecule has 2 rings (SSSR count). The minimum absolute atomic E-state index is 0.225. The number of benzene rings is 1. The first-order valence-electron chi connectivity index (χ1n) is 7.09. The molecule has 2 aromatic rings. The lowest BCUT2D eigenvalue weighted by Crippen LogP contribution is -2.30. The number of hydrogen-bond acceptors (Lipinski definition) is 5. The van der Waals surface area contributed by atoms with E-state index in [0.29, 0.717) is 6.54 Å². The van der Waals surface area contributed by atoms with Gasteiger partial charge in [-0.2, -0.15) is 0 Å². The number of hydrogen-bond donors (Lipinski definition) is 1. The van der Waals surface area contributed by atoms with Crippen LogP contribution in [0, 0.1) is 6.92 Å². The highest BCUT2D eigenvalue weighted by molar-refractivity contribution is 7.09. The second kappa shape index (κ2) is 7.02. The van der Waals surface area contributed by atoms with Crippen LogP contribution in [-0.4, -0.2) is 37.6 Å². The maximum atomic E-state index is 6.01. The quantitative estimate of drug-likeness (QED) is 0.891. The molecule has 0 saturated heterocycles. The third-order valence-electron chi connectivity index (χ3n) is 3.79. The summed E-state index contributed by atoms with van der Waals surface area (Å²) < 4.78 is 0. The summed E-state index contributed by atoms with van der Waals surface area (Å²) >= 11 is 1.71. The van der Waals surface area contributed by atoms with E-state index < -0.39 is 0 Å². The van der Waals surface area contributed by atoms with E-state index in [1.54, 1.807) is 11.3 Å². The van der Waals surface area contributed by atoms with Crippen LogP contribution in [0.3, 0.4) is 0 Å². The maximum absolute atomic E-state index is 6.01. The fourth-order valence-corrected chi connectivity index (χ4v) is 3.22. The van der Waals surface area contributed by atoms with Gasteiger partial charge < -0.3 is 10.6 Å². The molecule has 0 fully saturated rings. The minimum atomic E-state index is 0.225. The Hall–Kier alpha value is -1.43. The number of anilines is 1. The van der Waals surface area contributed by atoms with Gasteiger partial charge in [-0.05, 0) is 31.7 Å². The highest BCUT2D eigenvalue weighted by atomic mass is 32.1. The molecule has 1 heterocycles. The number of aryl methyl sites for hydroxylation is 1. The number of nitrogens with zero attached hydrogens (tertiary/aromatic N) is 3. The van der Waals surface area contributed by atoms with Crippen LogP contribution < -0.4 is 10.6 Å². The van der Waals surface area contributed by atoms with Gasteiger partial charge in [0, 0.05) is 43.8 Å². The van der Waals surface area contributed by atoms with Gasteiger partial charge in [-0.15, -0.1) is 11.3 Å². The van der Waals surface area contributed by atoms with Crippen LogP contribution >= 0.6 is 11.3 Å². The predicted molar refractivity (Wildman–Crippen MR) is 90.9 cm³/mol. The molecule has 0 aliphatic rings. The van der Waals surface area contributed by atoms with Crippen molar-refractivity contribution in [1.29, 1.82) is 0 Å². The van der Waals surface area contributed by atoms with E-state index in [0.717, 1.165) is 12.2 Å². The monoisotopic (exact) mass is 304 g/mol. The van der Waals surface area contributed by atoms with Crippen LogP contribution in [0.25, 0.3) is 0 Å². The summed E-state index contributed by atoms with van der Waals surface area (Å²) in [6.07, 6.45) is 0. The smallest absolute Gasteiger partial charge is 0.0798 e. The van der Waals surface area contributed by atoms with E-state index in [1.165, 1.54) is 16.1 Å². The Labute approximate surface area is 131 Å². The van der Waals surface area contributed by atoms with Crippen molar-refractivity contribution in [3.05, 3.63) is 45.9 Å². The van der Waals surface area contributed by atoms with Gasteiger partial charge in [0.15, 0.2) is 0 Å². The first kappa shape index (κ1) is 15.9. The topological polar surface area (TPSA) is 45.4 Å². The Balaban J connectivity index is 2.13. The number of thiazole rings is 1. The summed E-state index contributed by atoms with van der Waals surface area (Å²) in [4.78, 5) is 10.0. The average molecular weight is 304 g/mol. The molecule has 0 bridgehead atoms. The fourth-order valence-electron chi connectivity index (χ4n) is 2.38.